The number of Topliss-reactive ketones (excluding diaryl/α,β-unsaturated/α-hetero) is 1. The smallest absolute Gasteiger partial charge is 0.204 e. The number of rotatable bonds is 8. The second-order valence-electron chi connectivity index (χ2n) is 7.49. The summed E-state index contributed by atoms with van der Waals surface area (Å²) in [4.78, 5) is 13.4. The number of hydrogen-bond acceptors (Lipinski definition) is 7. The number of fused-ring (bicyclic) bond motifs is 1. The summed E-state index contributed by atoms with van der Waals surface area (Å²) in [7, 11) is 6.06. The predicted molar refractivity (Wildman–Crippen MR) is 128 cm³/mol. The number of benzene rings is 3. The van der Waals surface area contributed by atoms with Crippen LogP contribution in [0.2, 0.25) is 0 Å². The van der Waals surface area contributed by atoms with E-state index in [1.54, 1.807) is 19.3 Å². The van der Waals surface area contributed by atoms with Crippen LogP contribution in [0, 0.1) is 0 Å². The van der Waals surface area contributed by atoms with Crippen LogP contribution in [-0.2, 0) is 6.61 Å². The average molecular weight is 462 g/mol. The van der Waals surface area contributed by atoms with Crippen molar-refractivity contribution in [3.8, 4) is 34.5 Å². The molecule has 4 rings (SSSR count). The first-order valence-electron chi connectivity index (χ1n) is 10.6. The molecule has 0 atom stereocenters. The molecule has 3 aromatic rings. The van der Waals surface area contributed by atoms with Gasteiger partial charge in [0.25, 0.3) is 0 Å². The van der Waals surface area contributed by atoms with Gasteiger partial charge in [0, 0.05) is 11.6 Å². The molecule has 34 heavy (non-hydrogen) atoms. The minimum atomic E-state index is -0.206. The lowest BCUT2D eigenvalue weighted by molar-refractivity contribution is 0.0996. The molecule has 3 aromatic carbocycles. The number of ether oxygens (including phenoxy) is 6. The van der Waals surface area contributed by atoms with E-state index in [1.165, 1.54) is 21.3 Å². The summed E-state index contributed by atoms with van der Waals surface area (Å²) in [5, 5.41) is 0. The number of carbonyl (C=O) groups is 1. The van der Waals surface area contributed by atoms with Gasteiger partial charge in [0.2, 0.25) is 5.75 Å². The van der Waals surface area contributed by atoms with Gasteiger partial charge in [-0.25, -0.2) is 0 Å². The second kappa shape index (κ2) is 10.2. The molecule has 0 spiro atoms. The van der Waals surface area contributed by atoms with E-state index in [4.69, 9.17) is 28.4 Å². The first-order valence-corrected chi connectivity index (χ1v) is 10.6. The highest BCUT2D eigenvalue weighted by Gasteiger charge is 2.32. The molecule has 0 unspecified atom stereocenters. The van der Waals surface area contributed by atoms with Crippen molar-refractivity contribution in [3.05, 3.63) is 76.9 Å². The first kappa shape index (κ1) is 23.0. The van der Waals surface area contributed by atoms with Crippen molar-refractivity contribution in [3.63, 3.8) is 0 Å². The second-order valence-corrected chi connectivity index (χ2v) is 7.49. The minimum Gasteiger partial charge on any atom is -0.493 e. The summed E-state index contributed by atoms with van der Waals surface area (Å²) >= 11 is 0. The molecule has 0 fully saturated rings. The zero-order valence-corrected chi connectivity index (χ0v) is 19.5. The fourth-order valence-electron chi connectivity index (χ4n) is 3.78. The molecule has 1 aliphatic heterocycles. The van der Waals surface area contributed by atoms with Crippen molar-refractivity contribution in [2.75, 3.05) is 35.0 Å². The maximum absolute atomic E-state index is 13.4. The fourth-order valence-corrected chi connectivity index (χ4v) is 3.78. The van der Waals surface area contributed by atoms with Crippen LogP contribution < -0.4 is 28.4 Å². The quantitative estimate of drug-likeness (QED) is 0.438. The van der Waals surface area contributed by atoms with Crippen LogP contribution in [0.25, 0.3) is 6.08 Å². The number of ketones is 1. The van der Waals surface area contributed by atoms with Gasteiger partial charge in [-0.3, -0.25) is 4.79 Å². The maximum atomic E-state index is 13.4. The Balaban J connectivity index is 1.62. The number of hydrogen-bond donors (Lipinski definition) is 0. The van der Waals surface area contributed by atoms with Crippen LogP contribution in [-0.4, -0.2) is 40.8 Å². The van der Waals surface area contributed by atoms with Crippen molar-refractivity contribution in [1.82, 2.24) is 0 Å². The van der Waals surface area contributed by atoms with E-state index in [0.717, 1.165) is 11.1 Å². The van der Waals surface area contributed by atoms with Gasteiger partial charge >= 0.3 is 0 Å². The molecule has 7 nitrogen and oxygen atoms in total. The van der Waals surface area contributed by atoms with Crippen LogP contribution in [0.15, 0.2) is 60.2 Å². The standard InChI is InChI=1S/C27H26O7/c1-29-21-13-18(10-11-20(21)33-15-17-8-6-5-7-9-17)12-19-16-34-22-14-23(30-2)26(31-3)27(32-4)24(22)25(19)28/h5-14H,15-16H2,1-4H3/b19-12+. The molecule has 7 heteroatoms. The van der Waals surface area contributed by atoms with E-state index in [1.807, 2.05) is 48.5 Å². The molecule has 0 radical (unpaired) electrons. The van der Waals surface area contributed by atoms with Crippen LogP contribution >= 0.6 is 0 Å². The van der Waals surface area contributed by atoms with Crippen LogP contribution in [0.4, 0.5) is 0 Å². The monoisotopic (exact) mass is 462 g/mol. The van der Waals surface area contributed by atoms with Crippen LogP contribution in [0.1, 0.15) is 21.5 Å². The highest BCUT2D eigenvalue weighted by molar-refractivity contribution is 6.16. The summed E-state index contributed by atoms with van der Waals surface area (Å²) in [6, 6.07) is 17.0. The molecule has 0 bridgehead atoms. The van der Waals surface area contributed by atoms with Gasteiger partial charge in [-0.2, -0.15) is 0 Å². The molecule has 0 amide bonds. The van der Waals surface area contributed by atoms with Crippen LogP contribution in [0.3, 0.4) is 0 Å². The maximum Gasteiger partial charge on any atom is 0.204 e. The molecule has 0 aliphatic carbocycles. The molecular weight excluding hydrogens is 436 g/mol. The molecule has 1 heterocycles. The molecule has 0 saturated heterocycles. The summed E-state index contributed by atoms with van der Waals surface area (Å²) in [5.41, 5.74) is 2.60. The van der Waals surface area contributed by atoms with E-state index in [-0.39, 0.29) is 18.1 Å². The Hall–Kier alpha value is -4.13. The molecule has 1 aliphatic rings. The highest BCUT2D eigenvalue weighted by atomic mass is 16.5. The molecular formula is C27H26O7. The highest BCUT2D eigenvalue weighted by Crippen LogP contribution is 2.47. The zero-order chi connectivity index (χ0) is 24.1. The third-order valence-electron chi connectivity index (χ3n) is 5.46. The van der Waals surface area contributed by atoms with Crippen molar-refractivity contribution in [1.29, 1.82) is 0 Å². The van der Waals surface area contributed by atoms with Crippen molar-refractivity contribution >= 4 is 11.9 Å². The van der Waals surface area contributed by atoms with E-state index in [9.17, 15) is 4.79 Å². The molecule has 0 N–H and O–H groups in total. The van der Waals surface area contributed by atoms with Gasteiger partial charge in [0.15, 0.2) is 28.8 Å². The lowest BCUT2D eigenvalue weighted by atomic mass is 9.96. The Morgan fingerprint density at radius 2 is 1.56 bits per heavy atom. The summed E-state index contributed by atoms with van der Waals surface area (Å²) in [5.74, 6) is 2.40. The Morgan fingerprint density at radius 3 is 2.24 bits per heavy atom. The van der Waals surface area contributed by atoms with E-state index < -0.39 is 0 Å². The minimum absolute atomic E-state index is 0.110. The topological polar surface area (TPSA) is 72.5 Å². The van der Waals surface area contributed by atoms with Gasteiger partial charge in [-0.1, -0.05) is 36.4 Å². The van der Waals surface area contributed by atoms with E-state index in [0.29, 0.717) is 46.5 Å². The van der Waals surface area contributed by atoms with Gasteiger partial charge in [-0.15, -0.1) is 0 Å². The third-order valence-corrected chi connectivity index (χ3v) is 5.46. The Morgan fingerprint density at radius 1 is 0.824 bits per heavy atom. The summed E-state index contributed by atoms with van der Waals surface area (Å²) < 4.78 is 33.6. The predicted octanol–water partition coefficient (Wildman–Crippen LogP) is 4.96. The molecule has 176 valence electrons. The van der Waals surface area contributed by atoms with Gasteiger partial charge in [0.1, 0.15) is 24.5 Å². The van der Waals surface area contributed by atoms with Crippen LogP contribution in [0.5, 0.6) is 34.5 Å². The van der Waals surface area contributed by atoms with Gasteiger partial charge < -0.3 is 28.4 Å². The number of carbonyl (C=O) groups excluding carboxylic acids is 1. The summed E-state index contributed by atoms with van der Waals surface area (Å²) in [6.45, 7) is 0.533. The Bertz CT molecular complexity index is 1220. The lowest BCUT2D eigenvalue weighted by Gasteiger charge is -2.23. The van der Waals surface area contributed by atoms with E-state index >= 15 is 0 Å². The lowest BCUT2D eigenvalue weighted by Crippen LogP contribution is -2.20. The fraction of sp³-hybridized carbons (Fsp3) is 0.222. The van der Waals surface area contributed by atoms with Crippen molar-refractivity contribution in [2.24, 2.45) is 0 Å². The molecule has 0 aromatic heterocycles. The average Bonchev–Trinajstić information content (AvgIpc) is 2.88. The third kappa shape index (κ3) is 4.50. The largest absolute Gasteiger partial charge is 0.493 e. The molecule has 0 saturated carbocycles. The SMILES string of the molecule is COc1cc(/C=C2\COc3cc(OC)c(OC)c(OC)c3C2=O)ccc1OCc1ccccc1. The van der Waals surface area contributed by atoms with Gasteiger partial charge in [-0.05, 0) is 29.3 Å². The first-order chi connectivity index (χ1) is 16.6. The van der Waals surface area contributed by atoms with Crippen molar-refractivity contribution in [2.45, 2.75) is 6.61 Å². The van der Waals surface area contributed by atoms with Crippen molar-refractivity contribution < 1.29 is 33.2 Å². The number of methoxy groups -OCH3 is 4. The van der Waals surface area contributed by atoms with Gasteiger partial charge in [0.05, 0.1) is 28.4 Å². The Kier molecular flexibility index (Phi) is 6.92. The summed E-state index contributed by atoms with van der Waals surface area (Å²) in [6.07, 6.45) is 1.77. The Labute approximate surface area is 198 Å². The van der Waals surface area contributed by atoms with E-state index in [2.05, 4.69) is 0 Å². The normalized spacial score (nSPS) is 13.6. The zero-order valence-electron chi connectivity index (χ0n) is 19.5.